The Labute approximate surface area is 176 Å². The van der Waals surface area contributed by atoms with Crippen LogP contribution in [0.1, 0.15) is 23.2 Å². The third-order valence-corrected chi connectivity index (χ3v) is 7.54. The predicted molar refractivity (Wildman–Crippen MR) is 111 cm³/mol. The summed E-state index contributed by atoms with van der Waals surface area (Å²) in [5, 5.41) is 11.8. The lowest BCUT2D eigenvalue weighted by molar-refractivity contribution is -0.120. The van der Waals surface area contributed by atoms with Gasteiger partial charge in [-0.15, -0.1) is 0 Å². The Hall–Kier alpha value is -2.89. The van der Waals surface area contributed by atoms with E-state index in [-0.39, 0.29) is 35.4 Å². The number of aromatic nitrogens is 2. The van der Waals surface area contributed by atoms with Crippen molar-refractivity contribution >= 4 is 50.3 Å². The lowest BCUT2D eigenvalue weighted by Crippen LogP contribution is -2.41. The van der Waals surface area contributed by atoms with Gasteiger partial charge in [-0.05, 0) is 43.2 Å². The second-order valence-electron chi connectivity index (χ2n) is 6.94. The molecule has 11 heteroatoms. The van der Waals surface area contributed by atoms with Gasteiger partial charge in [0.2, 0.25) is 15.9 Å². The summed E-state index contributed by atoms with van der Waals surface area (Å²) in [6, 6.07) is 10.9. The van der Waals surface area contributed by atoms with E-state index in [0.29, 0.717) is 29.6 Å². The van der Waals surface area contributed by atoms with Crippen molar-refractivity contribution in [2.24, 2.45) is 5.92 Å². The second kappa shape index (κ2) is 8.09. The molecule has 3 aromatic rings. The largest absolute Gasteiger partial charge is 0.478 e. The van der Waals surface area contributed by atoms with Gasteiger partial charge in [-0.2, -0.15) is 13.1 Å². The molecule has 0 atom stereocenters. The Morgan fingerprint density at radius 1 is 1.10 bits per heavy atom. The van der Waals surface area contributed by atoms with Crippen LogP contribution in [0.3, 0.4) is 0 Å². The molecule has 4 rings (SSSR count). The molecule has 9 nitrogen and oxygen atoms in total. The monoisotopic (exact) mass is 446 g/mol. The molecular weight excluding hydrogens is 428 g/mol. The topological polar surface area (TPSA) is 130 Å². The van der Waals surface area contributed by atoms with E-state index in [2.05, 4.69) is 14.1 Å². The number of nitrogens with one attached hydrogen (secondary N) is 1. The van der Waals surface area contributed by atoms with E-state index in [0.717, 1.165) is 11.7 Å². The number of piperidine rings is 1. The fourth-order valence-corrected chi connectivity index (χ4v) is 5.68. The number of sulfonamides is 1. The molecule has 1 aliphatic heterocycles. The van der Waals surface area contributed by atoms with E-state index in [4.69, 9.17) is 5.11 Å². The van der Waals surface area contributed by atoms with Crippen LogP contribution in [0.15, 0.2) is 47.4 Å². The zero-order chi connectivity index (χ0) is 21.3. The Morgan fingerprint density at radius 3 is 2.57 bits per heavy atom. The normalized spacial score (nSPS) is 15.9. The Kier molecular flexibility index (Phi) is 5.50. The third-order valence-electron chi connectivity index (χ3n) is 5.07. The van der Waals surface area contributed by atoms with Crippen molar-refractivity contribution in [1.82, 2.24) is 13.1 Å². The number of hydrogen-bond acceptors (Lipinski definition) is 7. The summed E-state index contributed by atoms with van der Waals surface area (Å²) < 4.78 is 35.7. The number of fused-ring (bicyclic) bond motifs is 1. The summed E-state index contributed by atoms with van der Waals surface area (Å²) in [5.41, 5.74) is 1.39. The van der Waals surface area contributed by atoms with Crippen molar-refractivity contribution in [3.8, 4) is 0 Å². The minimum atomic E-state index is -3.74. The van der Waals surface area contributed by atoms with Crippen molar-refractivity contribution in [2.75, 3.05) is 18.4 Å². The van der Waals surface area contributed by atoms with Gasteiger partial charge in [0.25, 0.3) is 0 Å². The molecule has 0 saturated carbocycles. The zero-order valence-electron chi connectivity index (χ0n) is 15.7. The fourth-order valence-electron chi connectivity index (χ4n) is 3.46. The molecule has 30 heavy (non-hydrogen) atoms. The Morgan fingerprint density at radius 2 is 1.83 bits per heavy atom. The number of rotatable bonds is 5. The number of amides is 1. The molecule has 2 aromatic carbocycles. The van der Waals surface area contributed by atoms with E-state index >= 15 is 0 Å². The Balaban J connectivity index is 1.43. The van der Waals surface area contributed by atoms with Gasteiger partial charge in [0.05, 0.1) is 17.3 Å². The highest BCUT2D eigenvalue weighted by Gasteiger charge is 2.33. The quantitative estimate of drug-likeness (QED) is 0.616. The molecule has 2 N–H and O–H groups in total. The molecule has 0 aliphatic carbocycles. The van der Waals surface area contributed by atoms with Crippen molar-refractivity contribution in [3.63, 3.8) is 0 Å². The number of nitrogens with zero attached hydrogens (tertiary/aromatic N) is 3. The van der Waals surface area contributed by atoms with Crippen LogP contribution in [0.2, 0.25) is 0 Å². The van der Waals surface area contributed by atoms with Crippen LogP contribution >= 0.6 is 11.7 Å². The van der Waals surface area contributed by atoms with E-state index in [1.807, 2.05) is 0 Å². The van der Waals surface area contributed by atoms with Gasteiger partial charge in [-0.3, -0.25) is 4.79 Å². The average molecular weight is 447 g/mol. The first kappa shape index (κ1) is 20.4. The zero-order valence-corrected chi connectivity index (χ0v) is 17.3. The lowest BCUT2D eigenvalue weighted by Gasteiger charge is -2.30. The molecule has 0 bridgehead atoms. The number of carbonyl (C=O) groups is 2. The van der Waals surface area contributed by atoms with Crippen molar-refractivity contribution in [2.45, 2.75) is 17.7 Å². The third kappa shape index (κ3) is 3.91. The maximum Gasteiger partial charge on any atom is 0.335 e. The molecule has 0 unspecified atom stereocenters. The standard InChI is InChI=1S/C19H18N4O5S2/c24-18(20-14-4-1-3-13(11-14)19(25)26)12-7-9-23(10-8-12)30(27,28)16-6-2-5-15-17(16)22-29-21-15/h1-6,11-12H,7-10H2,(H,20,24)(H,25,26). The number of hydrogen-bond donors (Lipinski definition) is 2. The summed E-state index contributed by atoms with van der Waals surface area (Å²) in [4.78, 5) is 23.8. The molecular formula is C19H18N4O5S2. The minimum Gasteiger partial charge on any atom is -0.478 e. The van der Waals surface area contributed by atoms with Crippen molar-refractivity contribution in [3.05, 3.63) is 48.0 Å². The first-order valence-corrected chi connectivity index (χ1v) is 11.4. The summed E-state index contributed by atoms with van der Waals surface area (Å²) in [6.07, 6.45) is 0.740. The Bertz CT molecular complexity index is 1220. The maximum absolute atomic E-state index is 13.1. The summed E-state index contributed by atoms with van der Waals surface area (Å²) in [7, 11) is -3.74. The van der Waals surface area contributed by atoms with Crippen LogP contribution < -0.4 is 5.32 Å². The first-order chi connectivity index (χ1) is 14.4. The minimum absolute atomic E-state index is 0.0828. The van der Waals surface area contributed by atoms with Gasteiger partial charge < -0.3 is 10.4 Å². The van der Waals surface area contributed by atoms with Gasteiger partial charge in [-0.25, -0.2) is 13.2 Å². The van der Waals surface area contributed by atoms with Crippen molar-refractivity contribution in [1.29, 1.82) is 0 Å². The first-order valence-electron chi connectivity index (χ1n) is 9.22. The molecule has 0 spiro atoms. The molecule has 1 saturated heterocycles. The van der Waals surface area contributed by atoms with Gasteiger partial charge >= 0.3 is 5.97 Å². The van der Waals surface area contributed by atoms with E-state index in [1.165, 1.54) is 22.5 Å². The lowest BCUT2D eigenvalue weighted by atomic mass is 9.97. The van der Waals surface area contributed by atoms with E-state index < -0.39 is 16.0 Å². The van der Waals surface area contributed by atoms with Crippen LogP contribution in [0, 0.1) is 5.92 Å². The van der Waals surface area contributed by atoms with Crippen LogP contribution in [-0.2, 0) is 14.8 Å². The van der Waals surface area contributed by atoms with Gasteiger partial charge in [0, 0.05) is 24.7 Å². The summed E-state index contributed by atoms with van der Waals surface area (Å²) in [5.74, 6) is -1.68. The average Bonchev–Trinajstić information content (AvgIpc) is 3.23. The number of carboxylic acid groups (broad SMARTS) is 1. The highest BCUT2D eigenvalue weighted by molar-refractivity contribution is 7.89. The van der Waals surface area contributed by atoms with Gasteiger partial charge in [0.1, 0.15) is 15.9 Å². The summed E-state index contributed by atoms with van der Waals surface area (Å²) in [6.45, 7) is 0.424. The number of anilines is 1. The SMILES string of the molecule is O=C(O)c1cccc(NC(=O)C2CCN(S(=O)(=O)c3cccc4nsnc34)CC2)c1. The van der Waals surface area contributed by atoms with Crippen LogP contribution in [0.25, 0.3) is 11.0 Å². The van der Waals surface area contributed by atoms with E-state index in [1.54, 1.807) is 24.3 Å². The predicted octanol–water partition coefficient (Wildman–Crippen LogP) is 2.43. The van der Waals surface area contributed by atoms with E-state index in [9.17, 15) is 18.0 Å². The molecule has 1 aliphatic rings. The highest BCUT2D eigenvalue weighted by atomic mass is 32.2. The van der Waals surface area contributed by atoms with Crippen LogP contribution in [0.4, 0.5) is 5.69 Å². The number of aromatic carboxylic acids is 1. The van der Waals surface area contributed by atoms with Gasteiger partial charge in [-0.1, -0.05) is 12.1 Å². The molecule has 1 aromatic heterocycles. The van der Waals surface area contributed by atoms with Gasteiger partial charge in [0.15, 0.2) is 0 Å². The molecule has 1 fully saturated rings. The highest BCUT2D eigenvalue weighted by Crippen LogP contribution is 2.28. The van der Waals surface area contributed by atoms with Crippen LogP contribution in [0.5, 0.6) is 0 Å². The molecule has 156 valence electrons. The second-order valence-corrected chi connectivity index (χ2v) is 9.38. The van der Waals surface area contributed by atoms with Crippen LogP contribution in [-0.4, -0.2) is 51.5 Å². The maximum atomic E-state index is 13.1. The summed E-state index contributed by atoms with van der Waals surface area (Å²) >= 11 is 0.965. The fraction of sp³-hybridized carbons (Fsp3) is 0.263. The number of carbonyl (C=O) groups excluding carboxylic acids is 1. The molecule has 1 amide bonds. The molecule has 2 heterocycles. The smallest absolute Gasteiger partial charge is 0.335 e. The van der Waals surface area contributed by atoms with Crippen molar-refractivity contribution < 1.29 is 23.1 Å². The molecule has 0 radical (unpaired) electrons. The number of carboxylic acids is 1. The number of benzene rings is 2.